The van der Waals surface area contributed by atoms with E-state index in [0.717, 1.165) is 55.1 Å². The fourth-order valence-corrected chi connectivity index (χ4v) is 5.19. The van der Waals surface area contributed by atoms with Gasteiger partial charge in [-0.05, 0) is 90.8 Å². The van der Waals surface area contributed by atoms with Gasteiger partial charge in [-0.15, -0.1) is 6.58 Å². The molecule has 34 heavy (non-hydrogen) atoms. The zero-order valence-corrected chi connectivity index (χ0v) is 21.0. The lowest BCUT2D eigenvalue weighted by Crippen LogP contribution is -2.30. The van der Waals surface area contributed by atoms with E-state index in [1.54, 1.807) is 0 Å². The van der Waals surface area contributed by atoms with Crippen LogP contribution < -0.4 is 16.8 Å². The van der Waals surface area contributed by atoms with Gasteiger partial charge in [-0.2, -0.15) is 0 Å². The van der Waals surface area contributed by atoms with Crippen molar-refractivity contribution in [3.05, 3.63) is 99.6 Å². The van der Waals surface area contributed by atoms with Gasteiger partial charge in [-0.25, -0.2) is 0 Å². The number of benzene rings is 3. The molecule has 0 spiro atoms. The van der Waals surface area contributed by atoms with Gasteiger partial charge in [0.25, 0.3) is 0 Å². The van der Waals surface area contributed by atoms with Gasteiger partial charge < -0.3 is 16.8 Å². The first-order valence-corrected chi connectivity index (χ1v) is 12.2. The van der Waals surface area contributed by atoms with Crippen LogP contribution >= 0.6 is 0 Å². The van der Waals surface area contributed by atoms with E-state index in [9.17, 15) is 0 Å². The first kappa shape index (κ1) is 23.9. The van der Waals surface area contributed by atoms with Crippen molar-refractivity contribution in [3.63, 3.8) is 0 Å². The van der Waals surface area contributed by atoms with Crippen molar-refractivity contribution in [2.75, 3.05) is 30.4 Å². The molecular formula is C30H38N4. The van der Waals surface area contributed by atoms with Crippen molar-refractivity contribution in [1.29, 1.82) is 0 Å². The third-order valence-corrected chi connectivity index (χ3v) is 7.25. The Morgan fingerprint density at radius 1 is 1.06 bits per heavy atom. The fraction of sp³-hybridized carbons (Fsp3) is 0.333. The van der Waals surface area contributed by atoms with Crippen molar-refractivity contribution in [3.8, 4) is 0 Å². The summed E-state index contributed by atoms with van der Waals surface area (Å²) in [7, 11) is 1.91. The molecule has 0 radical (unpaired) electrons. The summed E-state index contributed by atoms with van der Waals surface area (Å²) in [5, 5.41) is 3.20. The van der Waals surface area contributed by atoms with Gasteiger partial charge >= 0.3 is 0 Å². The minimum absolute atomic E-state index is 0.229. The highest BCUT2D eigenvalue weighted by Gasteiger charge is 2.21. The van der Waals surface area contributed by atoms with Gasteiger partial charge in [-0.3, -0.25) is 4.90 Å². The third-order valence-electron chi connectivity index (χ3n) is 7.25. The second-order valence-electron chi connectivity index (χ2n) is 9.88. The Kier molecular flexibility index (Phi) is 6.99. The molecule has 0 aromatic heterocycles. The van der Waals surface area contributed by atoms with Gasteiger partial charge in [0.05, 0.1) is 11.4 Å². The van der Waals surface area contributed by atoms with Gasteiger partial charge in [-0.1, -0.05) is 35.9 Å². The van der Waals surface area contributed by atoms with Gasteiger partial charge in [0, 0.05) is 38.3 Å². The molecule has 0 amide bonds. The minimum Gasteiger partial charge on any atom is -0.399 e. The summed E-state index contributed by atoms with van der Waals surface area (Å²) in [6.45, 7) is 13.6. The van der Waals surface area contributed by atoms with E-state index in [1.165, 1.54) is 39.0 Å². The first-order chi connectivity index (χ1) is 16.3. The van der Waals surface area contributed by atoms with Gasteiger partial charge in [0.15, 0.2) is 0 Å². The molecule has 5 N–H and O–H groups in total. The van der Waals surface area contributed by atoms with Crippen LogP contribution in [0.3, 0.4) is 0 Å². The number of nitrogens with zero attached hydrogens (tertiary/aromatic N) is 1. The Balaban J connectivity index is 1.65. The Hall–Kier alpha value is -3.24. The Morgan fingerprint density at radius 3 is 2.59 bits per heavy atom. The van der Waals surface area contributed by atoms with Crippen LogP contribution in [0.25, 0.3) is 0 Å². The zero-order valence-electron chi connectivity index (χ0n) is 21.0. The van der Waals surface area contributed by atoms with E-state index < -0.39 is 0 Å². The molecule has 3 aromatic rings. The lowest BCUT2D eigenvalue weighted by molar-refractivity contribution is 0.245. The van der Waals surface area contributed by atoms with Crippen LogP contribution in [0.1, 0.15) is 58.2 Å². The number of hydrogen-bond donors (Lipinski definition) is 3. The van der Waals surface area contributed by atoms with Gasteiger partial charge in [0.1, 0.15) is 0 Å². The zero-order chi connectivity index (χ0) is 24.4. The molecule has 0 saturated carbocycles. The summed E-state index contributed by atoms with van der Waals surface area (Å²) >= 11 is 0. The molecule has 4 rings (SSSR count). The number of aryl methyl sites for hydroxylation is 1. The minimum atomic E-state index is 0.229. The number of fused-ring (bicyclic) bond motifs is 1. The molecule has 1 unspecified atom stereocenters. The van der Waals surface area contributed by atoms with Crippen LogP contribution in [0.15, 0.2) is 60.7 Å². The van der Waals surface area contributed by atoms with Crippen molar-refractivity contribution in [1.82, 2.24) is 4.90 Å². The summed E-state index contributed by atoms with van der Waals surface area (Å²) in [6.07, 6.45) is 1.97. The topological polar surface area (TPSA) is 67.3 Å². The highest BCUT2D eigenvalue weighted by atomic mass is 15.1. The molecule has 0 saturated heterocycles. The van der Waals surface area contributed by atoms with Crippen molar-refractivity contribution < 1.29 is 0 Å². The number of hydrogen-bond acceptors (Lipinski definition) is 4. The molecule has 1 aliphatic heterocycles. The number of nitrogen functional groups attached to an aromatic ring is 2. The van der Waals surface area contributed by atoms with Crippen LogP contribution in [-0.2, 0) is 19.5 Å². The quantitative estimate of drug-likeness (QED) is 0.295. The van der Waals surface area contributed by atoms with Crippen LogP contribution in [0.2, 0.25) is 0 Å². The Bertz CT molecular complexity index is 1210. The van der Waals surface area contributed by atoms with Crippen LogP contribution in [-0.4, -0.2) is 18.5 Å². The predicted molar refractivity (Wildman–Crippen MR) is 146 cm³/mol. The maximum absolute atomic E-state index is 6.47. The average molecular weight is 455 g/mol. The van der Waals surface area contributed by atoms with E-state index in [4.69, 9.17) is 11.5 Å². The maximum atomic E-state index is 6.47. The standard InChI is InChI=1S/C30H38N4/c1-19(2)14-28(27-10-11-29(33-5)30(32)21(27)4)23-7-6-20(3)24(15-23)17-34-13-12-22-8-9-26(31)16-25(22)18-34/h6-11,15-16,28,33H,1,12-14,17-18,31-32H2,2-5H3. The second kappa shape index (κ2) is 9.94. The normalized spacial score (nSPS) is 14.5. The number of rotatable bonds is 7. The van der Waals surface area contributed by atoms with Crippen LogP contribution in [0.4, 0.5) is 17.1 Å². The largest absolute Gasteiger partial charge is 0.399 e. The van der Waals surface area contributed by atoms with Gasteiger partial charge in [0.2, 0.25) is 0 Å². The summed E-state index contributed by atoms with van der Waals surface area (Å²) in [5.41, 5.74) is 25.6. The van der Waals surface area contributed by atoms with Crippen LogP contribution in [0, 0.1) is 13.8 Å². The average Bonchev–Trinajstić information content (AvgIpc) is 2.80. The Labute approximate surface area is 204 Å². The van der Waals surface area contributed by atoms with Crippen LogP contribution in [0.5, 0.6) is 0 Å². The molecular weight excluding hydrogens is 416 g/mol. The Morgan fingerprint density at radius 2 is 1.85 bits per heavy atom. The van der Waals surface area contributed by atoms with Crippen molar-refractivity contribution >= 4 is 17.1 Å². The van der Waals surface area contributed by atoms with E-state index >= 15 is 0 Å². The van der Waals surface area contributed by atoms with E-state index in [0.29, 0.717) is 0 Å². The number of anilines is 3. The number of nitrogens with two attached hydrogens (primary N) is 2. The summed E-state index contributed by atoms with van der Waals surface area (Å²) < 4.78 is 0. The highest BCUT2D eigenvalue weighted by molar-refractivity contribution is 5.72. The molecule has 1 atom stereocenters. The molecule has 0 bridgehead atoms. The number of nitrogens with one attached hydrogen (secondary N) is 1. The number of allylic oxidation sites excluding steroid dienone is 1. The summed E-state index contributed by atoms with van der Waals surface area (Å²) in [6, 6.07) is 17.6. The monoisotopic (exact) mass is 454 g/mol. The molecule has 1 heterocycles. The second-order valence-corrected chi connectivity index (χ2v) is 9.88. The molecule has 0 aliphatic carbocycles. The molecule has 4 nitrogen and oxygen atoms in total. The fourth-order valence-electron chi connectivity index (χ4n) is 5.19. The smallest absolute Gasteiger partial charge is 0.0582 e. The lowest BCUT2D eigenvalue weighted by atomic mass is 9.82. The molecule has 0 fully saturated rings. The molecule has 4 heteroatoms. The van der Waals surface area contributed by atoms with Crippen molar-refractivity contribution in [2.45, 2.75) is 52.6 Å². The first-order valence-electron chi connectivity index (χ1n) is 12.2. The highest BCUT2D eigenvalue weighted by Crippen LogP contribution is 2.37. The third kappa shape index (κ3) is 4.97. The van der Waals surface area contributed by atoms with E-state index in [-0.39, 0.29) is 5.92 Å². The summed E-state index contributed by atoms with van der Waals surface area (Å²) in [4.78, 5) is 2.53. The summed E-state index contributed by atoms with van der Waals surface area (Å²) in [5.74, 6) is 0.229. The van der Waals surface area contributed by atoms with E-state index in [2.05, 4.69) is 80.0 Å². The maximum Gasteiger partial charge on any atom is 0.0582 e. The van der Waals surface area contributed by atoms with E-state index in [1.807, 2.05) is 13.1 Å². The molecule has 1 aliphatic rings. The SMILES string of the molecule is C=C(C)CC(c1ccc(C)c(CN2CCc3ccc(N)cc3C2)c1)c1ccc(NC)c(N)c1C. The predicted octanol–water partition coefficient (Wildman–Crippen LogP) is 6.17. The molecule has 3 aromatic carbocycles. The lowest BCUT2D eigenvalue weighted by Gasteiger charge is -2.30. The molecule has 178 valence electrons. The van der Waals surface area contributed by atoms with Crippen molar-refractivity contribution in [2.24, 2.45) is 0 Å².